The summed E-state index contributed by atoms with van der Waals surface area (Å²) in [7, 11) is 0. The fraction of sp³-hybridized carbons (Fsp3) is 0.467. The number of nitrogens with one attached hydrogen (secondary N) is 1. The fourth-order valence-corrected chi connectivity index (χ4v) is 2.24. The van der Waals surface area contributed by atoms with E-state index in [9.17, 15) is 9.59 Å². The summed E-state index contributed by atoms with van der Waals surface area (Å²) in [6, 6.07) is 7.36. The van der Waals surface area contributed by atoms with Gasteiger partial charge in [-0.2, -0.15) is 0 Å². The molecule has 1 heterocycles. The van der Waals surface area contributed by atoms with Crippen LogP contribution in [0.25, 0.3) is 0 Å². The zero-order chi connectivity index (χ0) is 14.5. The summed E-state index contributed by atoms with van der Waals surface area (Å²) in [6.07, 6.45) is 0.488. The molecule has 1 aliphatic heterocycles. The minimum atomic E-state index is -0.101. The maximum absolute atomic E-state index is 12.2. The van der Waals surface area contributed by atoms with Crippen LogP contribution >= 0.6 is 0 Å². The molecule has 1 N–H and O–H groups in total. The third kappa shape index (κ3) is 4.06. The molecule has 0 spiro atoms. The summed E-state index contributed by atoms with van der Waals surface area (Å²) in [5.74, 6) is 0.0172. The minimum absolute atomic E-state index is 0.101. The smallest absolute Gasteiger partial charge is 0.227 e. The van der Waals surface area contributed by atoms with Gasteiger partial charge in [0.25, 0.3) is 0 Å². The molecule has 1 aromatic rings. The number of benzene rings is 1. The van der Waals surface area contributed by atoms with E-state index in [1.165, 1.54) is 6.92 Å². The van der Waals surface area contributed by atoms with Crippen molar-refractivity contribution in [3.63, 3.8) is 0 Å². The maximum Gasteiger partial charge on any atom is 0.227 e. The van der Waals surface area contributed by atoms with Gasteiger partial charge in [0.1, 0.15) is 0 Å². The highest BCUT2D eigenvalue weighted by Gasteiger charge is 2.21. The molecular formula is C15H20N2O3. The van der Waals surface area contributed by atoms with E-state index in [4.69, 9.17) is 4.74 Å². The van der Waals surface area contributed by atoms with E-state index in [-0.39, 0.29) is 17.9 Å². The molecule has 1 saturated heterocycles. The molecule has 0 radical (unpaired) electrons. The van der Waals surface area contributed by atoms with E-state index >= 15 is 0 Å². The molecule has 5 nitrogen and oxygen atoms in total. The van der Waals surface area contributed by atoms with Crippen molar-refractivity contribution in [2.45, 2.75) is 26.4 Å². The first-order valence-corrected chi connectivity index (χ1v) is 6.80. The molecule has 0 aliphatic carbocycles. The van der Waals surface area contributed by atoms with Gasteiger partial charge in [0.2, 0.25) is 11.8 Å². The lowest BCUT2D eigenvalue weighted by molar-refractivity contribution is -0.137. The summed E-state index contributed by atoms with van der Waals surface area (Å²) in [5.41, 5.74) is 1.69. The van der Waals surface area contributed by atoms with E-state index in [0.717, 1.165) is 11.3 Å². The number of nitrogens with zero attached hydrogens (tertiary/aromatic N) is 1. The molecule has 1 aromatic carbocycles. The number of hydrogen-bond donors (Lipinski definition) is 1. The van der Waals surface area contributed by atoms with Gasteiger partial charge >= 0.3 is 0 Å². The van der Waals surface area contributed by atoms with Crippen molar-refractivity contribution in [1.29, 1.82) is 0 Å². The predicted octanol–water partition coefficient (Wildman–Crippen LogP) is 1.43. The Labute approximate surface area is 118 Å². The van der Waals surface area contributed by atoms with Crippen LogP contribution in [0, 0.1) is 0 Å². The molecule has 108 valence electrons. The van der Waals surface area contributed by atoms with Crippen molar-refractivity contribution in [1.82, 2.24) is 4.90 Å². The predicted molar refractivity (Wildman–Crippen MR) is 76.4 cm³/mol. The first-order valence-electron chi connectivity index (χ1n) is 6.80. The number of morpholine rings is 1. The van der Waals surface area contributed by atoms with Gasteiger partial charge in [0.15, 0.2) is 0 Å². The highest BCUT2D eigenvalue weighted by molar-refractivity contribution is 5.88. The van der Waals surface area contributed by atoms with Gasteiger partial charge in [-0.05, 0) is 24.6 Å². The topological polar surface area (TPSA) is 58.6 Å². The molecular weight excluding hydrogens is 256 g/mol. The molecule has 0 saturated carbocycles. The average Bonchev–Trinajstić information content (AvgIpc) is 2.40. The quantitative estimate of drug-likeness (QED) is 0.908. The average molecular weight is 276 g/mol. The van der Waals surface area contributed by atoms with E-state index in [1.54, 1.807) is 0 Å². The Balaban J connectivity index is 1.92. The van der Waals surface area contributed by atoms with Crippen LogP contribution in [-0.4, -0.2) is 42.5 Å². The lowest BCUT2D eigenvalue weighted by atomic mass is 10.1. The van der Waals surface area contributed by atoms with Gasteiger partial charge < -0.3 is 15.0 Å². The number of hydrogen-bond acceptors (Lipinski definition) is 3. The highest BCUT2D eigenvalue weighted by atomic mass is 16.5. The largest absolute Gasteiger partial charge is 0.375 e. The van der Waals surface area contributed by atoms with Crippen molar-refractivity contribution in [3.05, 3.63) is 29.8 Å². The Kier molecular flexibility index (Phi) is 4.74. The first-order chi connectivity index (χ1) is 9.54. The third-order valence-electron chi connectivity index (χ3n) is 3.22. The molecule has 1 atom stereocenters. The molecule has 0 aromatic heterocycles. The fourth-order valence-electron chi connectivity index (χ4n) is 2.24. The highest BCUT2D eigenvalue weighted by Crippen LogP contribution is 2.12. The molecule has 1 fully saturated rings. The van der Waals surface area contributed by atoms with Gasteiger partial charge in [-0.25, -0.2) is 0 Å². The normalized spacial score (nSPS) is 18.7. The summed E-state index contributed by atoms with van der Waals surface area (Å²) in [4.78, 5) is 24.9. The van der Waals surface area contributed by atoms with Crippen molar-refractivity contribution in [2.24, 2.45) is 0 Å². The number of rotatable bonds is 3. The van der Waals surface area contributed by atoms with E-state index in [2.05, 4.69) is 5.32 Å². The van der Waals surface area contributed by atoms with Crippen LogP contribution in [0.5, 0.6) is 0 Å². The Morgan fingerprint density at radius 3 is 2.65 bits per heavy atom. The molecule has 2 rings (SSSR count). The molecule has 5 heteroatoms. The second-order valence-corrected chi connectivity index (χ2v) is 5.08. The molecule has 2 amide bonds. The van der Waals surface area contributed by atoms with Crippen molar-refractivity contribution < 1.29 is 14.3 Å². The summed E-state index contributed by atoms with van der Waals surface area (Å²) in [6.45, 7) is 5.36. The van der Waals surface area contributed by atoms with E-state index in [0.29, 0.717) is 26.1 Å². The van der Waals surface area contributed by atoms with Crippen molar-refractivity contribution >= 4 is 17.5 Å². The molecule has 1 aliphatic rings. The Hall–Kier alpha value is -1.88. The van der Waals surface area contributed by atoms with Gasteiger partial charge in [-0.3, -0.25) is 9.59 Å². The van der Waals surface area contributed by atoms with Gasteiger partial charge in [0.05, 0.1) is 19.1 Å². The summed E-state index contributed by atoms with van der Waals surface area (Å²) < 4.78 is 5.43. The second kappa shape index (κ2) is 6.52. The van der Waals surface area contributed by atoms with Crippen LogP contribution < -0.4 is 5.32 Å². The minimum Gasteiger partial charge on any atom is -0.375 e. The van der Waals surface area contributed by atoms with Gasteiger partial charge in [-0.1, -0.05) is 12.1 Å². The first kappa shape index (κ1) is 14.5. The lowest BCUT2D eigenvalue weighted by Crippen LogP contribution is -2.45. The Morgan fingerprint density at radius 2 is 2.05 bits per heavy atom. The SMILES string of the molecule is CC(=O)Nc1ccc(CC(=O)N2CCO[C@@H](C)C2)cc1. The van der Waals surface area contributed by atoms with Crippen molar-refractivity contribution in [2.75, 3.05) is 25.0 Å². The number of amides is 2. The standard InChI is InChI=1S/C15H20N2O3/c1-11-10-17(7-8-20-11)15(19)9-13-3-5-14(6-4-13)16-12(2)18/h3-6,11H,7-10H2,1-2H3,(H,16,18)/t11-/m0/s1. The number of carbonyl (C=O) groups excluding carboxylic acids is 2. The van der Waals surface area contributed by atoms with Crippen LogP contribution in [0.1, 0.15) is 19.4 Å². The zero-order valence-corrected chi connectivity index (χ0v) is 11.9. The van der Waals surface area contributed by atoms with Crippen LogP contribution in [0.4, 0.5) is 5.69 Å². The van der Waals surface area contributed by atoms with Crippen LogP contribution in [0.3, 0.4) is 0 Å². The molecule has 0 bridgehead atoms. The summed E-state index contributed by atoms with van der Waals surface area (Å²) >= 11 is 0. The van der Waals surface area contributed by atoms with Crippen LogP contribution in [-0.2, 0) is 20.7 Å². The number of ether oxygens (including phenoxy) is 1. The van der Waals surface area contributed by atoms with Crippen LogP contribution in [0.2, 0.25) is 0 Å². The number of anilines is 1. The molecule has 0 unspecified atom stereocenters. The maximum atomic E-state index is 12.2. The number of carbonyl (C=O) groups is 2. The second-order valence-electron chi connectivity index (χ2n) is 5.08. The lowest BCUT2D eigenvalue weighted by Gasteiger charge is -2.31. The van der Waals surface area contributed by atoms with E-state index < -0.39 is 0 Å². The van der Waals surface area contributed by atoms with E-state index in [1.807, 2.05) is 36.1 Å². The van der Waals surface area contributed by atoms with Gasteiger partial charge in [-0.15, -0.1) is 0 Å². The Bertz CT molecular complexity index is 484. The molecule has 20 heavy (non-hydrogen) atoms. The van der Waals surface area contributed by atoms with Crippen LogP contribution in [0.15, 0.2) is 24.3 Å². The third-order valence-corrected chi connectivity index (χ3v) is 3.22. The zero-order valence-electron chi connectivity index (χ0n) is 11.9. The van der Waals surface area contributed by atoms with Crippen molar-refractivity contribution in [3.8, 4) is 0 Å². The Morgan fingerprint density at radius 1 is 1.35 bits per heavy atom. The monoisotopic (exact) mass is 276 g/mol. The summed E-state index contributed by atoms with van der Waals surface area (Å²) in [5, 5.41) is 2.70. The van der Waals surface area contributed by atoms with Gasteiger partial charge in [0, 0.05) is 25.7 Å².